The van der Waals surface area contributed by atoms with Gasteiger partial charge in [0.2, 0.25) is 11.8 Å². The second kappa shape index (κ2) is 6.31. The monoisotopic (exact) mass is 292 g/mol. The zero-order valence-corrected chi connectivity index (χ0v) is 12.9. The Bertz CT molecular complexity index is 516. The van der Waals surface area contributed by atoms with E-state index >= 15 is 0 Å². The number of nitrogens with one attached hydrogen (secondary N) is 1. The molecule has 1 heterocycles. The normalized spacial score (nSPS) is 18.7. The van der Waals surface area contributed by atoms with Crippen molar-refractivity contribution in [1.29, 1.82) is 0 Å². The van der Waals surface area contributed by atoms with E-state index in [0.29, 0.717) is 13.0 Å². The minimum absolute atomic E-state index is 0.0667. The summed E-state index contributed by atoms with van der Waals surface area (Å²) < 4.78 is 0. The smallest absolute Gasteiger partial charge is 0.229 e. The highest BCUT2D eigenvalue weighted by atomic mass is 32.2. The minimum atomic E-state index is -0.250. The lowest BCUT2D eigenvalue weighted by Crippen LogP contribution is -2.33. The number of thioether (sulfide) groups is 1. The maximum Gasteiger partial charge on any atom is 0.229 e. The summed E-state index contributed by atoms with van der Waals surface area (Å²) in [5.41, 5.74) is 0.820. The third-order valence-corrected chi connectivity index (χ3v) is 4.31. The van der Waals surface area contributed by atoms with E-state index < -0.39 is 0 Å². The summed E-state index contributed by atoms with van der Waals surface area (Å²) >= 11 is 1.59. The number of anilines is 1. The van der Waals surface area contributed by atoms with E-state index in [0.717, 1.165) is 10.6 Å². The highest BCUT2D eigenvalue weighted by Gasteiger charge is 2.35. The molecule has 1 aliphatic rings. The maximum atomic E-state index is 12.3. The molecule has 0 spiro atoms. The van der Waals surface area contributed by atoms with Gasteiger partial charge in [-0.05, 0) is 32.2 Å². The summed E-state index contributed by atoms with van der Waals surface area (Å²) in [6.07, 6.45) is 2.29. The summed E-state index contributed by atoms with van der Waals surface area (Å²) in [6, 6.07) is 7.86. The first-order valence-electron chi connectivity index (χ1n) is 6.76. The molecule has 108 valence electrons. The van der Waals surface area contributed by atoms with Crippen LogP contribution in [0.3, 0.4) is 0 Å². The van der Waals surface area contributed by atoms with Crippen LogP contribution in [-0.2, 0) is 9.59 Å². The second-order valence-corrected chi connectivity index (χ2v) is 6.08. The third kappa shape index (κ3) is 3.15. The summed E-state index contributed by atoms with van der Waals surface area (Å²) in [7, 11) is 0. The largest absolute Gasteiger partial charge is 0.339 e. The van der Waals surface area contributed by atoms with Gasteiger partial charge >= 0.3 is 0 Å². The zero-order valence-electron chi connectivity index (χ0n) is 12.1. The molecule has 0 aromatic heterocycles. The van der Waals surface area contributed by atoms with Crippen LogP contribution in [0, 0.1) is 5.92 Å². The Kier molecular flexibility index (Phi) is 4.70. The second-order valence-electron chi connectivity index (χ2n) is 5.23. The van der Waals surface area contributed by atoms with Crippen LogP contribution < -0.4 is 5.32 Å². The first-order valence-corrected chi connectivity index (χ1v) is 7.98. The number of para-hydroxylation sites is 1. The molecule has 1 saturated heterocycles. The number of likely N-dealkylation sites (tertiary alicyclic amines) is 1. The SMILES string of the molecule is CSc1ccccc1NC(=O)C1CC(=O)N(C(C)C)C1. The van der Waals surface area contributed by atoms with E-state index in [1.54, 1.807) is 16.7 Å². The van der Waals surface area contributed by atoms with Crippen LogP contribution in [0.5, 0.6) is 0 Å². The maximum absolute atomic E-state index is 12.3. The lowest BCUT2D eigenvalue weighted by Gasteiger charge is -2.20. The van der Waals surface area contributed by atoms with Crippen molar-refractivity contribution in [2.45, 2.75) is 31.2 Å². The fourth-order valence-corrected chi connectivity index (χ4v) is 2.94. The summed E-state index contributed by atoms with van der Waals surface area (Å²) in [4.78, 5) is 26.9. The van der Waals surface area contributed by atoms with Crippen molar-refractivity contribution in [3.63, 3.8) is 0 Å². The molecule has 5 heteroatoms. The van der Waals surface area contributed by atoms with Crippen LogP contribution in [0.15, 0.2) is 29.2 Å². The molecule has 1 N–H and O–H groups in total. The van der Waals surface area contributed by atoms with E-state index in [9.17, 15) is 9.59 Å². The van der Waals surface area contributed by atoms with Gasteiger partial charge in [-0.25, -0.2) is 0 Å². The number of nitrogens with zero attached hydrogens (tertiary/aromatic N) is 1. The van der Waals surface area contributed by atoms with Crippen molar-refractivity contribution in [3.05, 3.63) is 24.3 Å². The lowest BCUT2D eigenvalue weighted by molar-refractivity contribution is -0.129. The molecular weight excluding hydrogens is 272 g/mol. The van der Waals surface area contributed by atoms with Crippen LogP contribution in [0.2, 0.25) is 0 Å². The molecular formula is C15H20N2O2S. The van der Waals surface area contributed by atoms with Crippen molar-refractivity contribution >= 4 is 29.3 Å². The van der Waals surface area contributed by atoms with Crippen LogP contribution >= 0.6 is 11.8 Å². The van der Waals surface area contributed by atoms with Crippen LogP contribution in [0.1, 0.15) is 20.3 Å². The molecule has 1 aromatic rings. The fourth-order valence-electron chi connectivity index (χ4n) is 2.39. The molecule has 1 fully saturated rings. The number of hydrogen-bond acceptors (Lipinski definition) is 3. The Labute approximate surface area is 123 Å². The highest BCUT2D eigenvalue weighted by molar-refractivity contribution is 7.98. The number of hydrogen-bond donors (Lipinski definition) is 1. The van der Waals surface area contributed by atoms with Gasteiger partial charge in [0, 0.05) is 23.9 Å². The van der Waals surface area contributed by atoms with Gasteiger partial charge in [0.25, 0.3) is 0 Å². The van der Waals surface area contributed by atoms with Crippen molar-refractivity contribution in [1.82, 2.24) is 4.90 Å². The average molecular weight is 292 g/mol. The predicted molar refractivity (Wildman–Crippen MR) is 81.8 cm³/mol. The summed E-state index contributed by atoms with van der Waals surface area (Å²) in [5.74, 6) is -0.249. The Morgan fingerprint density at radius 3 is 2.70 bits per heavy atom. The fraction of sp³-hybridized carbons (Fsp3) is 0.467. The molecule has 0 radical (unpaired) electrons. The molecule has 4 nitrogen and oxygen atoms in total. The van der Waals surface area contributed by atoms with Gasteiger partial charge in [0.05, 0.1) is 11.6 Å². The topological polar surface area (TPSA) is 49.4 Å². The lowest BCUT2D eigenvalue weighted by atomic mass is 10.1. The van der Waals surface area contributed by atoms with Gasteiger partial charge in [-0.3, -0.25) is 9.59 Å². The predicted octanol–water partition coefficient (Wildman–Crippen LogP) is 2.60. The number of amides is 2. The Hall–Kier alpha value is -1.49. The van der Waals surface area contributed by atoms with Crippen LogP contribution in [0.4, 0.5) is 5.69 Å². The summed E-state index contributed by atoms with van der Waals surface area (Å²) in [5, 5.41) is 2.94. The first-order chi connectivity index (χ1) is 9.52. The van der Waals surface area contributed by atoms with Gasteiger partial charge in [-0.2, -0.15) is 0 Å². The van der Waals surface area contributed by atoms with E-state index in [-0.39, 0.29) is 23.8 Å². The number of rotatable bonds is 4. The quantitative estimate of drug-likeness (QED) is 0.868. The Balaban J connectivity index is 2.04. The molecule has 1 unspecified atom stereocenters. The molecule has 1 aliphatic heterocycles. The zero-order chi connectivity index (χ0) is 14.7. The van der Waals surface area contributed by atoms with Crippen molar-refractivity contribution in [3.8, 4) is 0 Å². The van der Waals surface area contributed by atoms with Crippen molar-refractivity contribution < 1.29 is 9.59 Å². The van der Waals surface area contributed by atoms with E-state index in [1.165, 1.54) is 0 Å². The molecule has 1 atom stereocenters. The molecule has 0 bridgehead atoms. The molecule has 0 saturated carbocycles. The van der Waals surface area contributed by atoms with Gasteiger partial charge in [-0.15, -0.1) is 11.8 Å². The molecule has 20 heavy (non-hydrogen) atoms. The van der Waals surface area contributed by atoms with Crippen LogP contribution in [-0.4, -0.2) is 35.6 Å². The molecule has 2 amide bonds. The van der Waals surface area contributed by atoms with Crippen molar-refractivity contribution in [2.75, 3.05) is 18.1 Å². The van der Waals surface area contributed by atoms with E-state index in [1.807, 2.05) is 44.4 Å². The number of carbonyl (C=O) groups excluding carboxylic acids is 2. The van der Waals surface area contributed by atoms with E-state index in [2.05, 4.69) is 5.32 Å². The third-order valence-electron chi connectivity index (χ3n) is 3.52. The van der Waals surface area contributed by atoms with E-state index in [4.69, 9.17) is 0 Å². The van der Waals surface area contributed by atoms with Crippen molar-refractivity contribution in [2.24, 2.45) is 5.92 Å². The molecule has 2 rings (SSSR count). The standard InChI is InChI=1S/C15H20N2O2S/c1-10(2)17-9-11(8-14(17)18)15(19)16-12-6-4-5-7-13(12)20-3/h4-7,10-11H,8-9H2,1-3H3,(H,16,19). The van der Waals surface area contributed by atoms with Crippen LogP contribution in [0.25, 0.3) is 0 Å². The first kappa shape index (κ1) is 14.9. The Morgan fingerprint density at radius 2 is 2.10 bits per heavy atom. The number of benzene rings is 1. The molecule has 1 aromatic carbocycles. The highest BCUT2D eigenvalue weighted by Crippen LogP contribution is 2.27. The van der Waals surface area contributed by atoms with Gasteiger partial charge in [-0.1, -0.05) is 12.1 Å². The average Bonchev–Trinajstić information content (AvgIpc) is 2.81. The Morgan fingerprint density at radius 1 is 1.40 bits per heavy atom. The molecule has 0 aliphatic carbocycles. The van der Waals surface area contributed by atoms with Gasteiger partial charge in [0.1, 0.15) is 0 Å². The summed E-state index contributed by atoms with van der Waals surface area (Å²) in [6.45, 7) is 4.46. The number of carbonyl (C=O) groups is 2. The van der Waals surface area contributed by atoms with Gasteiger partial charge in [0.15, 0.2) is 0 Å². The van der Waals surface area contributed by atoms with Gasteiger partial charge < -0.3 is 10.2 Å². The minimum Gasteiger partial charge on any atom is -0.339 e.